The summed E-state index contributed by atoms with van der Waals surface area (Å²) in [6.45, 7) is 0. The molecule has 12 aromatic rings. The third-order valence-electron chi connectivity index (χ3n) is 12.5. The highest BCUT2D eigenvalue weighted by molar-refractivity contribution is 6.21. The van der Waals surface area contributed by atoms with E-state index in [0.29, 0.717) is 0 Å². The van der Waals surface area contributed by atoms with Gasteiger partial charge in [-0.25, -0.2) is 0 Å². The van der Waals surface area contributed by atoms with Crippen LogP contribution in [0.2, 0.25) is 0 Å². The van der Waals surface area contributed by atoms with Crippen LogP contribution >= 0.6 is 0 Å². The normalized spacial score (nSPS) is 11.5. The minimum Gasteiger partial charge on any atom is -0.455 e. The van der Waals surface area contributed by atoms with Crippen LogP contribution in [0, 0.1) is 0 Å². The van der Waals surface area contributed by atoms with Crippen LogP contribution in [0.25, 0.3) is 98.8 Å². The second-order valence-corrected chi connectivity index (χ2v) is 16.0. The largest absolute Gasteiger partial charge is 0.455 e. The van der Waals surface area contributed by atoms with Gasteiger partial charge in [-0.05, 0) is 120 Å². The molecule has 0 fully saturated rings. The molecule has 0 saturated heterocycles. The van der Waals surface area contributed by atoms with Gasteiger partial charge in [0.1, 0.15) is 11.2 Å². The van der Waals surface area contributed by atoms with Crippen LogP contribution in [0.3, 0.4) is 0 Å². The standard InChI is InChI=1S/C60H39NO/c1-2-16-40(17-3-1)48-24-8-9-25-50(48)43-21-14-22-46(38-43)61(45-34-32-42(33-35-45)49-30-15-20-41-18-4-6-23-47(41)49)57-37-36-54(60-59(57)55-29-12-13-31-58(55)62-60)56-39-44-19-5-7-26-51(44)52-27-10-11-28-53(52)56/h1-39H. The fourth-order valence-corrected chi connectivity index (χ4v) is 9.60. The van der Waals surface area contributed by atoms with E-state index in [2.05, 4.69) is 241 Å². The van der Waals surface area contributed by atoms with Crippen molar-refractivity contribution < 1.29 is 4.42 Å². The smallest absolute Gasteiger partial charge is 0.145 e. The lowest BCUT2D eigenvalue weighted by Gasteiger charge is -2.27. The summed E-state index contributed by atoms with van der Waals surface area (Å²) >= 11 is 0. The molecule has 0 amide bonds. The van der Waals surface area contributed by atoms with Gasteiger partial charge in [-0.15, -0.1) is 0 Å². The van der Waals surface area contributed by atoms with Crippen molar-refractivity contribution in [1.82, 2.24) is 0 Å². The van der Waals surface area contributed by atoms with Crippen molar-refractivity contribution in [3.63, 3.8) is 0 Å². The molecule has 0 atom stereocenters. The van der Waals surface area contributed by atoms with Crippen molar-refractivity contribution >= 4 is 71.3 Å². The topological polar surface area (TPSA) is 16.4 Å². The van der Waals surface area contributed by atoms with E-state index in [9.17, 15) is 0 Å². The van der Waals surface area contributed by atoms with Gasteiger partial charge in [-0.1, -0.05) is 188 Å². The van der Waals surface area contributed by atoms with Gasteiger partial charge in [-0.2, -0.15) is 0 Å². The van der Waals surface area contributed by atoms with Crippen molar-refractivity contribution in [2.75, 3.05) is 4.90 Å². The summed E-state index contributed by atoms with van der Waals surface area (Å²) in [6.07, 6.45) is 0. The van der Waals surface area contributed by atoms with Crippen molar-refractivity contribution in [3.8, 4) is 44.5 Å². The van der Waals surface area contributed by atoms with Crippen LogP contribution in [0.4, 0.5) is 17.1 Å². The van der Waals surface area contributed by atoms with Gasteiger partial charge in [0.05, 0.1) is 11.1 Å². The second kappa shape index (κ2) is 14.8. The van der Waals surface area contributed by atoms with E-state index in [1.807, 2.05) is 0 Å². The Kier molecular flexibility index (Phi) is 8.53. The van der Waals surface area contributed by atoms with Crippen molar-refractivity contribution in [3.05, 3.63) is 237 Å². The Bertz CT molecular complexity index is 3630. The average molecular weight is 790 g/mol. The van der Waals surface area contributed by atoms with Gasteiger partial charge in [0, 0.05) is 22.3 Å². The van der Waals surface area contributed by atoms with Crippen molar-refractivity contribution in [2.45, 2.75) is 0 Å². The molecule has 0 aliphatic carbocycles. The van der Waals surface area contributed by atoms with E-state index in [1.165, 1.54) is 60.1 Å². The number of anilines is 3. The monoisotopic (exact) mass is 789 g/mol. The van der Waals surface area contributed by atoms with Gasteiger partial charge in [0.2, 0.25) is 0 Å². The second-order valence-electron chi connectivity index (χ2n) is 16.0. The summed E-state index contributed by atoms with van der Waals surface area (Å²) < 4.78 is 7.01. The minimum atomic E-state index is 0.859. The molecule has 0 spiro atoms. The number of rotatable bonds is 7. The minimum absolute atomic E-state index is 0.859. The van der Waals surface area contributed by atoms with Gasteiger partial charge in [0.25, 0.3) is 0 Å². The molecule has 12 rings (SSSR count). The van der Waals surface area contributed by atoms with Gasteiger partial charge in [0.15, 0.2) is 0 Å². The molecule has 290 valence electrons. The van der Waals surface area contributed by atoms with E-state index >= 15 is 0 Å². The predicted molar refractivity (Wildman–Crippen MR) is 263 cm³/mol. The van der Waals surface area contributed by atoms with Gasteiger partial charge >= 0.3 is 0 Å². The maximum atomic E-state index is 7.01. The predicted octanol–water partition coefficient (Wildman–Crippen LogP) is 17.2. The fraction of sp³-hybridized carbons (Fsp3) is 0. The highest BCUT2D eigenvalue weighted by atomic mass is 16.3. The summed E-state index contributed by atoms with van der Waals surface area (Å²) in [7, 11) is 0. The highest BCUT2D eigenvalue weighted by Gasteiger charge is 2.24. The number of para-hydroxylation sites is 1. The van der Waals surface area contributed by atoms with Crippen LogP contribution in [-0.4, -0.2) is 0 Å². The SMILES string of the molecule is c1ccc(-c2ccccc2-c2cccc(N(c3ccc(-c4cccc5ccccc45)cc3)c3ccc(-c4cc5ccccc5c5ccccc45)c4oc5ccccc5c34)c2)cc1. The Labute approximate surface area is 360 Å². The van der Waals surface area contributed by atoms with Crippen molar-refractivity contribution in [1.29, 1.82) is 0 Å². The Hall–Kier alpha value is -8.20. The van der Waals surface area contributed by atoms with Crippen LogP contribution in [0.15, 0.2) is 241 Å². The molecule has 2 heteroatoms. The molecule has 0 aliphatic rings. The van der Waals surface area contributed by atoms with E-state index in [0.717, 1.165) is 55.7 Å². The zero-order valence-electron chi connectivity index (χ0n) is 33.9. The zero-order valence-corrected chi connectivity index (χ0v) is 33.9. The molecular weight excluding hydrogens is 751 g/mol. The summed E-state index contributed by atoms with van der Waals surface area (Å²) in [5, 5.41) is 9.51. The van der Waals surface area contributed by atoms with Crippen molar-refractivity contribution in [2.24, 2.45) is 0 Å². The average Bonchev–Trinajstić information content (AvgIpc) is 3.75. The Balaban J connectivity index is 1.10. The first-order chi connectivity index (χ1) is 30.8. The van der Waals surface area contributed by atoms with Crippen LogP contribution < -0.4 is 4.90 Å². The number of hydrogen-bond donors (Lipinski definition) is 0. The number of benzene rings is 11. The molecule has 0 unspecified atom stereocenters. The number of nitrogens with zero attached hydrogens (tertiary/aromatic N) is 1. The molecule has 62 heavy (non-hydrogen) atoms. The first-order valence-corrected chi connectivity index (χ1v) is 21.3. The van der Waals surface area contributed by atoms with E-state index in [-0.39, 0.29) is 0 Å². The quantitative estimate of drug-likeness (QED) is 0.150. The molecule has 1 aromatic heterocycles. The maximum Gasteiger partial charge on any atom is 0.145 e. The number of fused-ring (bicyclic) bond motifs is 7. The van der Waals surface area contributed by atoms with Gasteiger partial charge in [-0.3, -0.25) is 0 Å². The van der Waals surface area contributed by atoms with E-state index < -0.39 is 0 Å². The molecule has 0 radical (unpaired) electrons. The first kappa shape index (κ1) is 35.7. The summed E-state index contributed by atoms with van der Waals surface area (Å²) in [4.78, 5) is 2.41. The molecule has 2 nitrogen and oxygen atoms in total. The Morgan fingerprint density at radius 3 is 1.69 bits per heavy atom. The summed E-state index contributed by atoms with van der Waals surface area (Å²) in [5.74, 6) is 0. The van der Waals surface area contributed by atoms with Crippen LogP contribution in [-0.2, 0) is 0 Å². The zero-order chi connectivity index (χ0) is 41.0. The Morgan fingerprint density at radius 2 is 0.871 bits per heavy atom. The molecule has 0 N–H and O–H groups in total. The number of furan rings is 1. The van der Waals surface area contributed by atoms with Crippen LogP contribution in [0.1, 0.15) is 0 Å². The molecule has 0 aliphatic heterocycles. The third kappa shape index (κ3) is 5.96. The molecular formula is C60H39NO. The lowest BCUT2D eigenvalue weighted by molar-refractivity contribution is 0.670. The molecule has 0 bridgehead atoms. The molecule has 11 aromatic carbocycles. The van der Waals surface area contributed by atoms with E-state index in [4.69, 9.17) is 4.42 Å². The lowest BCUT2D eigenvalue weighted by atomic mass is 9.91. The summed E-state index contributed by atoms with van der Waals surface area (Å²) in [6, 6.07) is 85.4. The van der Waals surface area contributed by atoms with Gasteiger partial charge < -0.3 is 9.32 Å². The first-order valence-electron chi connectivity index (χ1n) is 21.3. The summed E-state index contributed by atoms with van der Waals surface area (Å²) in [5.41, 5.74) is 14.2. The number of hydrogen-bond acceptors (Lipinski definition) is 2. The van der Waals surface area contributed by atoms with E-state index in [1.54, 1.807) is 0 Å². The fourth-order valence-electron chi connectivity index (χ4n) is 9.60. The Morgan fingerprint density at radius 1 is 0.290 bits per heavy atom. The molecule has 1 heterocycles. The maximum absolute atomic E-state index is 7.01. The third-order valence-corrected chi connectivity index (χ3v) is 12.5. The molecule has 0 saturated carbocycles. The lowest BCUT2D eigenvalue weighted by Crippen LogP contribution is -2.10. The highest BCUT2D eigenvalue weighted by Crippen LogP contribution is 2.48. The van der Waals surface area contributed by atoms with Crippen LogP contribution in [0.5, 0.6) is 0 Å².